The number of nitrogens with zero attached hydrogens (tertiary/aromatic N) is 2. The first kappa shape index (κ1) is 11.9. The second kappa shape index (κ2) is 5.14. The van der Waals surface area contributed by atoms with Crippen molar-refractivity contribution in [3.63, 3.8) is 0 Å². The van der Waals surface area contributed by atoms with E-state index in [1.807, 2.05) is 6.92 Å². The fourth-order valence-electron chi connectivity index (χ4n) is 1.85. The summed E-state index contributed by atoms with van der Waals surface area (Å²) in [5.41, 5.74) is 0.530. The number of pyridine rings is 1. The summed E-state index contributed by atoms with van der Waals surface area (Å²) in [7, 11) is 0. The fraction of sp³-hybridized carbons (Fsp3) is 0.500. The minimum Gasteiger partial charge on any atom is -0.478 e. The highest BCUT2D eigenvalue weighted by Gasteiger charge is 2.25. The van der Waals surface area contributed by atoms with E-state index >= 15 is 0 Å². The quantitative estimate of drug-likeness (QED) is 0.838. The summed E-state index contributed by atoms with van der Waals surface area (Å²) in [4.78, 5) is 17.7. The van der Waals surface area contributed by atoms with E-state index in [2.05, 4.69) is 4.98 Å². The van der Waals surface area contributed by atoms with Gasteiger partial charge >= 0.3 is 0 Å². The maximum Gasteiger partial charge on any atom is 0.255 e. The van der Waals surface area contributed by atoms with Gasteiger partial charge in [0.2, 0.25) is 5.88 Å². The van der Waals surface area contributed by atoms with Crippen LogP contribution in [0.5, 0.6) is 5.88 Å². The largest absolute Gasteiger partial charge is 0.478 e. The number of carbonyl (C=O) groups excluding carboxylic acids is 1. The molecule has 92 valence electrons. The maximum absolute atomic E-state index is 12.0. The van der Waals surface area contributed by atoms with Gasteiger partial charge in [0.1, 0.15) is 0 Å². The van der Waals surface area contributed by atoms with Crippen LogP contribution in [0.3, 0.4) is 0 Å². The number of rotatable bonds is 3. The summed E-state index contributed by atoms with van der Waals surface area (Å²) in [6.45, 7) is 3.45. The molecule has 0 bridgehead atoms. The molecule has 1 aromatic heterocycles. The second-order valence-corrected chi connectivity index (χ2v) is 4.01. The van der Waals surface area contributed by atoms with Crippen molar-refractivity contribution in [2.24, 2.45) is 0 Å². The van der Waals surface area contributed by atoms with Crippen LogP contribution in [0.1, 0.15) is 23.7 Å². The van der Waals surface area contributed by atoms with Gasteiger partial charge in [0, 0.05) is 25.4 Å². The molecule has 1 atom stereocenters. The molecule has 0 spiro atoms. The average Bonchev–Trinajstić information content (AvgIpc) is 2.76. The molecule has 1 aliphatic rings. The first-order valence-electron chi connectivity index (χ1n) is 5.77. The predicted octanol–water partition coefficient (Wildman–Crippen LogP) is 0.687. The molecule has 1 aromatic rings. The first-order chi connectivity index (χ1) is 8.20. The molecular weight excluding hydrogens is 220 g/mol. The molecule has 1 amide bonds. The minimum atomic E-state index is -0.394. The summed E-state index contributed by atoms with van der Waals surface area (Å²) in [5.74, 6) is 0.433. The molecule has 2 heterocycles. The van der Waals surface area contributed by atoms with Crippen LogP contribution in [0, 0.1) is 0 Å². The van der Waals surface area contributed by atoms with E-state index in [1.54, 1.807) is 17.0 Å². The topological polar surface area (TPSA) is 62.7 Å². The lowest BCUT2D eigenvalue weighted by Gasteiger charge is -2.15. The third-order valence-electron chi connectivity index (χ3n) is 2.73. The van der Waals surface area contributed by atoms with Crippen molar-refractivity contribution in [2.45, 2.75) is 19.4 Å². The van der Waals surface area contributed by atoms with Crippen LogP contribution in [0.2, 0.25) is 0 Å². The zero-order chi connectivity index (χ0) is 12.3. The van der Waals surface area contributed by atoms with Crippen LogP contribution in [-0.4, -0.2) is 46.7 Å². The van der Waals surface area contributed by atoms with Gasteiger partial charge in [-0.2, -0.15) is 0 Å². The SMILES string of the molecule is CCOc1ccc(C(=O)N2CCC(O)C2)cn1. The summed E-state index contributed by atoms with van der Waals surface area (Å²) in [6.07, 6.45) is 1.77. The highest BCUT2D eigenvalue weighted by atomic mass is 16.5. The maximum atomic E-state index is 12.0. The van der Waals surface area contributed by atoms with E-state index < -0.39 is 6.10 Å². The van der Waals surface area contributed by atoms with Crippen molar-refractivity contribution in [1.29, 1.82) is 0 Å². The highest BCUT2D eigenvalue weighted by molar-refractivity contribution is 5.94. The van der Waals surface area contributed by atoms with Gasteiger partial charge < -0.3 is 14.7 Å². The molecule has 2 rings (SSSR count). The van der Waals surface area contributed by atoms with E-state index in [0.29, 0.717) is 37.6 Å². The first-order valence-corrected chi connectivity index (χ1v) is 5.77. The Morgan fingerprint density at radius 3 is 3.00 bits per heavy atom. The molecular formula is C12H16N2O3. The lowest BCUT2D eigenvalue weighted by molar-refractivity contribution is 0.0764. The third kappa shape index (κ3) is 2.74. The average molecular weight is 236 g/mol. The van der Waals surface area contributed by atoms with Crippen LogP contribution >= 0.6 is 0 Å². The van der Waals surface area contributed by atoms with Gasteiger partial charge in [0.05, 0.1) is 18.3 Å². The van der Waals surface area contributed by atoms with Crippen molar-refractivity contribution in [1.82, 2.24) is 9.88 Å². The third-order valence-corrected chi connectivity index (χ3v) is 2.73. The molecule has 1 N–H and O–H groups in total. The molecule has 5 heteroatoms. The van der Waals surface area contributed by atoms with Crippen LogP contribution < -0.4 is 4.74 Å². The van der Waals surface area contributed by atoms with E-state index in [4.69, 9.17) is 4.74 Å². The van der Waals surface area contributed by atoms with Crippen LogP contribution in [-0.2, 0) is 0 Å². The molecule has 1 unspecified atom stereocenters. The summed E-state index contributed by atoms with van der Waals surface area (Å²) in [6, 6.07) is 3.38. The molecule has 5 nitrogen and oxygen atoms in total. The Balaban J connectivity index is 2.04. The summed E-state index contributed by atoms with van der Waals surface area (Å²) < 4.78 is 5.21. The van der Waals surface area contributed by atoms with Crippen molar-refractivity contribution >= 4 is 5.91 Å². The minimum absolute atomic E-state index is 0.0860. The van der Waals surface area contributed by atoms with Crippen molar-refractivity contribution in [2.75, 3.05) is 19.7 Å². The lowest BCUT2D eigenvalue weighted by Crippen LogP contribution is -2.29. The van der Waals surface area contributed by atoms with Gasteiger partial charge in [-0.25, -0.2) is 4.98 Å². The van der Waals surface area contributed by atoms with Crippen molar-refractivity contribution in [3.05, 3.63) is 23.9 Å². The number of aromatic nitrogens is 1. The highest BCUT2D eigenvalue weighted by Crippen LogP contribution is 2.14. The van der Waals surface area contributed by atoms with E-state index in [1.165, 1.54) is 6.20 Å². The van der Waals surface area contributed by atoms with Crippen molar-refractivity contribution in [3.8, 4) is 5.88 Å². The van der Waals surface area contributed by atoms with E-state index in [9.17, 15) is 9.90 Å². The van der Waals surface area contributed by atoms with E-state index in [-0.39, 0.29) is 5.91 Å². The molecule has 0 aliphatic carbocycles. The Hall–Kier alpha value is -1.62. The van der Waals surface area contributed by atoms with Crippen LogP contribution in [0.4, 0.5) is 0 Å². The Labute approximate surface area is 100 Å². The standard InChI is InChI=1S/C12H16N2O3/c1-2-17-11-4-3-9(7-13-11)12(16)14-6-5-10(15)8-14/h3-4,7,10,15H,2,5-6,8H2,1H3. The fourth-order valence-corrected chi connectivity index (χ4v) is 1.85. The molecule has 1 saturated heterocycles. The van der Waals surface area contributed by atoms with Gasteiger partial charge in [0.15, 0.2) is 0 Å². The van der Waals surface area contributed by atoms with Gasteiger partial charge in [-0.1, -0.05) is 0 Å². The number of hydrogen-bond donors (Lipinski definition) is 1. The zero-order valence-electron chi connectivity index (χ0n) is 9.80. The van der Waals surface area contributed by atoms with Crippen molar-refractivity contribution < 1.29 is 14.6 Å². The lowest BCUT2D eigenvalue weighted by atomic mass is 10.2. The number of carbonyl (C=O) groups is 1. The Morgan fingerprint density at radius 1 is 1.65 bits per heavy atom. The van der Waals surface area contributed by atoms with Gasteiger partial charge in [-0.15, -0.1) is 0 Å². The molecule has 0 aromatic carbocycles. The molecule has 0 saturated carbocycles. The molecule has 1 aliphatic heterocycles. The molecule has 0 radical (unpaired) electrons. The van der Waals surface area contributed by atoms with Crippen LogP contribution in [0.25, 0.3) is 0 Å². The number of hydrogen-bond acceptors (Lipinski definition) is 4. The summed E-state index contributed by atoms with van der Waals surface area (Å²) in [5, 5.41) is 9.38. The Morgan fingerprint density at radius 2 is 2.47 bits per heavy atom. The Bertz CT molecular complexity index is 391. The molecule has 17 heavy (non-hydrogen) atoms. The summed E-state index contributed by atoms with van der Waals surface area (Å²) >= 11 is 0. The second-order valence-electron chi connectivity index (χ2n) is 4.01. The van der Waals surface area contributed by atoms with Gasteiger partial charge in [-0.3, -0.25) is 4.79 Å². The van der Waals surface area contributed by atoms with E-state index in [0.717, 1.165) is 0 Å². The number of aliphatic hydroxyl groups excluding tert-OH is 1. The number of aliphatic hydroxyl groups is 1. The molecule has 1 fully saturated rings. The van der Waals surface area contributed by atoms with Crippen LogP contribution in [0.15, 0.2) is 18.3 Å². The number of likely N-dealkylation sites (tertiary alicyclic amines) is 1. The van der Waals surface area contributed by atoms with Gasteiger partial charge in [0.25, 0.3) is 5.91 Å². The zero-order valence-corrected chi connectivity index (χ0v) is 9.80. The number of β-amino-alcohol motifs (C(OH)–C–C–N with tert-alkyl or cyclic N) is 1. The van der Waals surface area contributed by atoms with Gasteiger partial charge in [-0.05, 0) is 19.4 Å². The monoisotopic (exact) mass is 236 g/mol. The normalized spacial score (nSPS) is 19.4. The number of amides is 1. The predicted molar refractivity (Wildman–Crippen MR) is 61.9 cm³/mol. The number of ether oxygens (including phenoxy) is 1. The Kier molecular flexibility index (Phi) is 3.58. The smallest absolute Gasteiger partial charge is 0.255 e.